The quantitative estimate of drug-likeness (QED) is 0.124. The van der Waals surface area contributed by atoms with E-state index in [2.05, 4.69) is 248 Å². The zero-order chi connectivity index (χ0) is 39.4. The molecular weight excluding hydrogens is 750 g/mol. The summed E-state index contributed by atoms with van der Waals surface area (Å²) < 4.78 is 16.5. The Hall–Kier alpha value is -6.77. The average Bonchev–Trinajstić information content (AvgIpc) is 3.32. The van der Waals surface area contributed by atoms with Gasteiger partial charge in [0.05, 0.1) is 16.8 Å². The molecule has 0 N–H and O–H groups in total. The van der Waals surface area contributed by atoms with E-state index in [0.29, 0.717) is 0 Å². The molecule has 2 heterocycles. The van der Waals surface area contributed by atoms with E-state index in [4.69, 9.17) is 0 Å². The van der Waals surface area contributed by atoms with E-state index in [1.165, 1.54) is 43.0 Å². The van der Waals surface area contributed by atoms with Gasteiger partial charge in [-0.1, -0.05) is 206 Å². The summed E-state index contributed by atoms with van der Waals surface area (Å²) in [6.07, 6.45) is 0. The minimum absolute atomic E-state index is 0.542. The van der Waals surface area contributed by atoms with Crippen molar-refractivity contribution in [1.82, 2.24) is 0 Å². The van der Waals surface area contributed by atoms with Crippen LogP contribution in [0.1, 0.15) is 22.3 Å². The van der Waals surface area contributed by atoms with Crippen molar-refractivity contribution in [1.29, 1.82) is 0 Å². The van der Waals surface area contributed by atoms with Crippen molar-refractivity contribution in [2.75, 3.05) is 4.90 Å². The molecule has 2 nitrogen and oxygen atoms in total. The lowest BCUT2D eigenvalue weighted by Gasteiger charge is -2.46. The van der Waals surface area contributed by atoms with Crippen LogP contribution in [0.15, 0.2) is 243 Å². The third kappa shape index (κ3) is 5.02. The molecule has 0 fully saturated rings. The highest BCUT2D eigenvalue weighted by Gasteiger charge is 2.53. The molecular formula is C55H40NOPSi. The second kappa shape index (κ2) is 14.0. The summed E-state index contributed by atoms with van der Waals surface area (Å²) in [6, 6.07) is 87.1. The van der Waals surface area contributed by atoms with Crippen molar-refractivity contribution in [3.63, 3.8) is 0 Å². The van der Waals surface area contributed by atoms with Gasteiger partial charge in [0.2, 0.25) is 0 Å². The first-order chi connectivity index (χ1) is 29.2. The van der Waals surface area contributed by atoms with Crippen LogP contribution in [0.3, 0.4) is 0 Å². The number of rotatable bonds is 6. The van der Waals surface area contributed by atoms with Crippen molar-refractivity contribution >= 4 is 68.9 Å². The Morgan fingerprint density at radius 2 is 0.746 bits per heavy atom. The predicted octanol–water partition coefficient (Wildman–Crippen LogP) is 9.18. The maximum absolute atomic E-state index is 16.5. The topological polar surface area (TPSA) is 20.3 Å². The van der Waals surface area contributed by atoms with Gasteiger partial charge in [-0.05, 0) is 79.4 Å². The highest BCUT2D eigenvalue weighted by molar-refractivity contribution is 7.87. The van der Waals surface area contributed by atoms with E-state index in [0.717, 1.165) is 33.0 Å². The van der Waals surface area contributed by atoms with Crippen LogP contribution >= 0.6 is 7.14 Å². The molecule has 280 valence electrons. The molecule has 0 spiro atoms. The fraction of sp³-hybridized carbons (Fsp3) is 0.0182. The van der Waals surface area contributed by atoms with Gasteiger partial charge in [-0.2, -0.15) is 0 Å². The lowest BCUT2D eigenvalue weighted by molar-refractivity contribution is 0.592. The van der Waals surface area contributed by atoms with Crippen molar-refractivity contribution in [2.45, 2.75) is 5.41 Å². The second-order valence-corrected chi connectivity index (χ2v) is 21.9. The summed E-state index contributed by atoms with van der Waals surface area (Å²) in [6.45, 7) is 0. The summed E-state index contributed by atoms with van der Waals surface area (Å²) in [5.74, 6) is 0. The minimum atomic E-state index is -3.34. The van der Waals surface area contributed by atoms with Crippen LogP contribution in [-0.4, -0.2) is 8.07 Å². The number of para-hydroxylation sites is 2. The molecule has 0 atom stereocenters. The first-order valence-corrected chi connectivity index (χ1v) is 24.0. The fourth-order valence-corrected chi connectivity index (χ4v) is 20.0. The molecule has 0 aliphatic carbocycles. The van der Waals surface area contributed by atoms with E-state index >= 15 is 4.57 Å². The predicted molar refractivity (Wildman–Crippen MR) is 250 cm³/mol. The monoisotopic (exact) mass is 789 g/mol. The average molecular weight is 790 g/mol. The third-order valence-electron chi connectivity index (χ3n) is 12.7. The first-order valence-electron chi connectivity index (χ1n) is 20.3. The van der Waals surface area contributed by atoms with Crippen LogP contribution < -0.4 is 41.6 Å². The molecule has 2 aliphatic rings. The molecule has 0 radical (unpaired) electrons. The lowest BCUT2D eigenvalue weighted by atomic mass is 9.62. The van der Waals surface area contributed by atoms with Gasteiger partial charge in [0.25, 0.3) is 0 Å². The SMILES string of the molecule is O=P1(c2ccc(N3c4ccccc4C(c4ccccc4)(c4ccccc4)c4ccccc43)cc2)c2ccccc2[Si](c2ccccc2)(c2ccccc2)c2ccccc21. The standard InChI is InChI=1S/C55H40NOPSi/c57-58(51-33-17-19-35-53(51)59(45-25-9-3-10-26-45,46-27-11-4-12-28-46)54-36-20-18-34-52(54)58)44-39-37-43(38-40-44)56-49-31-15-13-29-47(49)55(41-21-5-1-6-22-41,42-23-7-2-8-24-42)48-30-14-16-32-50(48)56/h1-40H. The van der Waals surface area contributed by atoms with E-state index in [1.807, 2.05) is 0 Å². The van der Waals surface area contributed by atoms with Crippen LogP contribution in [0.2, 0.25) is 0 Å². The van der Waals surface area contributed by atoms with Crippen molar-refractivity contribution in [2.24, 2.45) is 0 Å². The highest BCUT2D eigenvalue weighted by atomic mass is 31.2. The van der Waals surface area contributed by atoms with Crippen LogP contribution in [0, 0.1) is 0 Å². The molecule has 0 unspecified atom stereocenters. The summed E-state index contributed by atoms with van der Waals surface area (Å²) in [5, 5.41) is 7.69. The highest BCUT2D eigenvalue weighted by Crippen LogP contribution is 2.57. The number of hydrogen-bond donors (Lipinski definition) is 0. The second-order valence-electron chi connectivity index (χ2n) is 15.5. The third-order valence-corrected chi connectivity index (χ3v) is 21.2. The van der Waals surface area contributed by atoms with Crippen LogP contribution in [-0.2, 0) is 9.98 Å². The molecule has 9 aromatic rings. The number of benzene rings is 9. The van der Waals surface area contributed by atoms with E-state index in [-0.39, 0.29) is 0 Å². The number of anilines is 3. The fourth-order valence-electron chi connectivity index (χ4n) is 10.3. The summed E-state index contributed by atoms with van der Waals surface area (Å²) in [5.41, 5.74) is 7.59. The van der Waals surface area contributed by atoms with Crippen molar-refractivity contribution in [3.05, 3.63) is 265 Å². The van der Waals surface area contributed by atoms with Gasteiger partial charge < -0.3 is 9.46 Å². The smallest absolute Gasteiger partial charge is 0.181 e. The van der Waals surface area contributed by atoms with Crippen LogP contribution in [0.25, 0.3) is 0 Å². The number of fused-ring (bicyclic) bond motifs is 4. The molecule has 0 bridgehead atoms. The molecule has 0 saturated heterocycles. The molecule has 2 aliphatic heterocycles. The van der Waals surface area contributed by atoms with E-state index < -0.39 is 20.6 Å². The Bertz CT molecular complexity index is 2840. The number of nitrogens with zero attached hydrogens (tertiary/aromatic N) is 1. The van der Waals surface area contributed by atoms with Gasteiger partial charge in [0.1, 0.15) is 0 Å². The molecule has 59 heavy (non-hydrogen) atoms. The molecule has 11 rings (SSSR count). The molecule has 4 heteroatoms. The van der Waals surface area contributed by atoms with Gasteiger partial charge in [-0.3, -0.25) is 0 Å². The summed E-state index contributed by atoms with van der Waals surface area (Å²) in [4.78, 5) is 2.39. The Morgan fingerprint density at radius 3 is 1.20 bits per heavy atom. The van der Waals surface area contributed by atoms with Gasteiger partial charge >= 0.3 is 0 Å². The largest absolute Gasteiger partial charge is 0.310 e. The van der Waals surface area contributed by atoms with E-state index in [9.17, 15) is 0 Å². The lowest BCUT2D eigenvalue weighted by Crippen LogP contribution is -2.81. The Labute approximate surface area is 347 Å². The minimum Gasteiger partial charge on any atom is -0.310 e. The van der Waals surface area contributed by atoms with Crippen molar-refractivity contribution < 1.29 is 4.57 Å². The molecule has 9 aromatic carbocycles. The Morgan fingerprint density at radius 1 is 0.373 bits per heavy atom. The maximum atomic E-state index is 16.5. The maximum Gasteiger partial charge on any atom is 0.181 e. The van der Waals surface area contributed by atoms with Gasteiger partial charge in [-0.25, -0.2) is 0 Å². The Kier molecular flexibility index (Phi) is 8.37. The number of hydrogen-bond acceptors (Lipinski definition) is 2. The van der Waals surface area contributed by atoms with Crippen LogP contribution in [0.4, 0.5) is 17.1 Å². The normalized spacial score (nSPS) is 15.2. The molecule has 0 saturated carbocycles. The first kappa shape index (κ1) is 35.4. The molecule has 0 amide bonds. The molecule has 0 aromatic heterocycles. The zero-order valence-corrected chi connectivity index (χ0v) is 34.3. The Balaban J connectivity index is 1.11. The summed E-state index contributed by atoms with van der Waals surface area (Å²) in [7, 11) is -6.21. The van der Waals surface area contributed by atoms with Gasteiger partial charge in [0.15, 0.2) is 15.2 Å². The summed E-state index contributed by atoms with van der Waals surface area (Å²) >= 11 is 0. The van der Waals surface area contributed by atoms with Gasteiger partial charge in [0, 0.05) is 21.6 Å². The zero-order valence-electron chi connectivity index (χ0n) is 32.4. The van der Waals surface area contributed by atoms with Crippen LogP contribution in [0.5, 0.6) is 0 Å². The van der Waals surface area contributed by atoms with E-state index in [1.54, 1.807) is 0 Å². The van der Waals surface area contributed by atoms with Gasteiger partial charge in [-0.15, -0.1) is 0 Å². The van der Waals surface area contributed by atoms with Crippen molar-refractivity contribution in [3.8, 4) is 0 Å².